The number of halogens is 2. The summed E-state index contributed by atoms with van der Waals surface area (Å²) in [5.41, 5.74) is 1.30. The molecule has 2 aromatic heterocycles. The highest BCUT2D eigenvalue weighted by Gasteiger charge is 2.16. The number of aryl methyl sites for hydroxylation is 1. The van der Waals surface area contributed by atoms with Crippen LogP contribution in [0.2, 0.25) is 0 Å². The number of hydrogen-bond acceptors (Lipinski definition) is 5. The summed E-state index contributed by atoms with van der Waals surface area (Å²) < 4.78 is 32.6. The van der Waals surface area contributed by atoms with Crippen LogP contribution < -0.4 is 10.1 Å². The fraction of sp³-hybridized carbons (Fsp3) is 0.176. The van der Waals surface area contributed by atoms with Gasteiger partial charge in [-0.25, -0.2) is 18.3 Å². The molecule has 3 aromatic rings. The molecule has 0 saturated heterocycles. The second-order valence-electron chi connectivity index (χ2n) is 5.55. The molecule has 134 valence electrons. The van der Waals surface area contributed by atoms with E-state index in [9.17, 15) is 18.4 Å². The van der Waals surface area contributed by atoms with Gasteiger partial charge in [0.05, 0.1) is 6.20 Å². The van der Waals surface area contributed by atoms with Crippen molar-refractivity contribution >= 4 is 17.5 Å². The highest BCUT2D eigenvalue weighted by Crippen LogP contribution is 2.19. The van der Waals surface area contributed by atoms with E-state index in [1.807, 2.05) is 0 Å². The second-order valence-corrected chi connectivity index (χ2v) is 5.55. The van der Waals surface area contributed by atoms with Crippen molar-refractivity contribution in [2.75, 3.05) is 0 Å². The summed E-state index contributed by atoms with van der Waals surface area (Å²) in [4.78, 5) is 27.7. The SMILES string of the molecule is CC(=O)Oc1cnn2c(C)cc(C(=O)NCc3ccc(F)c(F)c3)nc12. The molecule has 0 bridgehead atoms. The van der Waals surface area contributed by atoms with Crippen LogP contribution >= 0.6 is 0 Å². The van der Waals surface area contributed by atoms with Crippen molar-refractivity contribution in [1.82, 2.24) is 19.9 Å². The third-order valence-electron chi connectivity index (χ3n) is 3.54. The van der Waals surface area contributed by atoms with Crippen LogP contribution in [0.25, 0.3) is 5.65 Å². The van der Waals surface area contributed by atoms with E-state index in [4.69, 9.17) is 4.74 Å². The predicted molar refractivity (Wildman–Crippen MR) is 86.6 cm³/mol. The second kappa shape index (κ2) is 6.87. The standard InChI is InChI=1S/C17H14F2N4O3/c1-9-5-14(22-16-15(26-10(2)24)8-21-23(9)16)17(25)20-7-11-3-4-12(18)13(19)6-11/h3-6,8H,7H2,1-2H3,(H,20,25). The van der Waals surface area contributed by atoms with Gasteiger partial charge < -0.3 is 10.1 Å². The minimum atomic E-state index is -0.988. The van der Waals surface area contributed by atoms with E-state index in [-0.39, 0.29) is 23.6 Å². The summed E-state index contributed by atoms with van der Waals surface area (Å²) in [6, 6.07) is 4.88. The number of carbonyl (C=O) groups is 2. The van der Waals surface area contributed by atoms with Crippen LogP contribution in [0, 0.1) is 18.6 Å². The Balaban J connectivity index is 1.83. The monoisotopic (exact) mass is 360 g/mol. The normalized spacial score (nSPS) is 10.8. The molecule has 1 aromatic carbocycles. The van der Waals surface area contributed by atoms with Gasteiger partial charge in [-0.15, -0.1) is 0 Å². The minimum Gasteiger partial charge on any atom is -0.421 e. The van der Waals surface area contributed by atoms with Crippen LogP contribution in [0.5, 0.6) is 5.75 Å². The lowest BCUT2D eigenvalue weighted by atomic mass is 10.2. The molecule has 0 aliphatic rings. The molecular formula is C17H14F2N4O3. The van der Waals surface area contributed by atoms with Gasteiger partial charge in [0.1, 0.15) is 5.69 Å². The largest absolute Gasteiger partial charge is 0.421 e. The molecule has 0 fully saturated rings. The molecule has 0 aliphatic heterocycles. The topological polar surface area (TPSA) is 85.6 Å². The van der Waals surface area contributed by atoms with Gasteiger partial charge in [0.25, 0.3) is 5.91 Å². The molecule has 1 amide bonds. The summed E-state index contributed by atoms with van der Waals surface area (Å²) in [5, 5.41) is 6.63. The van der Waals surface area contributed by atoms with Gasteiger partial charge in [0.15, 0.2) is 23.0 Å². The number of amides is 1. The highest BCUT2D eigenvalue weighted by atomic mass is 19.2. The minimum absolute atomic E-state index is 0.00198. The summed E-state index contributed by atoms with van der Waals surface area (Å²) in [5.74, 6) is -2.86. The molecule has 0 aliphatic carbocycles. The Bertz CT molecular complexity index is 1020. The average Bonchev–Trinajstić information content (AvgIpc) is 2.98. The van der Waals surface area contributed by atoms with Crippen molar-refractivity contribution in [2.24, 2.45) is 0 Å². The van der Waals surface area contributed by atoms with E-state index in [0.717, 1.165) is 12.1 Å². The molecule has 9 heteroatoms. The first-order valence-corrected chi connectivity index (χ1v) is 7.61. The maximum Gasteiger partial charge on any atom is 0.308 e. The fourth-order valence-corrected chi connectivity index (χ4v) is 2.36. The third-order valence-corrected chi connectivity index (χ3v) is 3.54. The summed E-state index contributed by atoms with van der Waals surface area (Å²) in [6.07, 6.45) is 1.33. The molecule has 1 N–H and O–H groups in total. The van der Waals surface area contributed by atoms with Gasteiger partial charge in [-0.05, 0) is 30.7 Å². The van der Waals surface area contributed by atoms with Crippen LogP contribution in [-0.2, 0) is 11.3 Å². The number of benzene rings is 1. The van der Waals surface area contributed by atoms with Crippen molar-refractivity contribution in [2.45, 2.75) is 20.4 Å². The van der Waals surface area contributed by atoms with E-state index in [0.29, 0.717) is 11.3 Å². The quantitative estimate of drug-likeness (QED) is 0.721. The lowest BCUT2D eigenvalue weighted by Gasteiger charge is -2.07. The summed E-state index contributed by atoms with van der Waals surface area (Å²) in [7, 11) is 0. The molecule has 3 rings (SSSR count). The van der Waals surface area contributed by atoms with Crippen molar-refractivity contribution < 1.29 is 23.1 Å². The van der Waals surface area contributed by atoms with Crippen molar-refractivity contribution in [3.8, 4) is 5.75 Å². The van der Waals surface area contributed by atoms with Gasteiger partial charge in [0.2, 0.25) is 0 Å². The first-order valence-electron chi connectivity index (χ1n) is 7.61. The number of fused-ring (bicyclic) bond motifs is 1. The van der Waals surface area contributed by atoms with Crippen LogP contribution in [-0.4, -0.2) is 26.5 Å². The molecule has 2 heterocycles. The van der Waals surface area contributed by atoms with E-state index in [2.05, 4.69) is 15.4 Å². The Kier molecular flexibility index (Phi) is 4.61. The van der Waals surface area contributed by atoms with Crippen molar-refractivity contribution in [3.05, 3.63) is 59.0 Å². The number of rotatable bonds is 4. The Morgan fingerprint density at radius 2 is 2.00 bits per heavy atom. The molecule has 26 heavy (non-hydrogen) atoms. The number of nitrogens with one attached hydrogen (secondary N) is 1. The van der Waals surface area contributed by atoms with Gasteiger partial charge in [-0.1, -0.05) is 6.07 Å². The van der Waals surface area contributed by atoms with Crippen molar-refractivity contribution in [1.29, 1.82) is 0 Å². The zero-order valence-corrected chi connectivity index (χ0v) is 13.9. The van der Waals surface area contributed by atoms with E-state index in [1.165, 1.54) is 29.8 Å². The predicted octanol–water partition coefficient (Wildman–Crippen LogP) is 2.17. The average molecular weight is 360 g/mol. The van der Waals surface area contributed by atoms with E-state index < -0.39 is 23.5 Å². The molecule has 0 saturated carbocycles. The van der Waals surface area contributed by atoms with Crippen LogP contribution in [0.15, 0.2) is 30.5 Å². The van der Waals surface area contributed by atoms with Gasteiger partial charge in [0, 0.05) is 19.2 Å². The molecule has 0 spiro atoms. The molecule has 0 atom stereocenters. The van der Waals surface area contributed by atoms with Crippen LogP contribution in [0.4, 0.5) is 8.78 Å². The van der Waals surface area contributed by atoms with Crippen molar-refractivity contribution in [3.63, 3.8) is 0 Å². The first kappa shape index (κ1) is 17.5. The molecule has 0 radical (unpaired) electrons. The Morgan fingerprint density at radius 3 is 2.69 bits per heavy atom. The first-order chi connectivity index (χ1) is 12.3. The van der Waals surface area contributed by atoms with Crippen LogP contribution in [0.1, 0.15) is 28.7 Å². The smallest absolute Gasteiger partial charge is 0.308 e. The maximum atomic E-state index is 13.2. The summed E-state index contributed by atoms with van der Waals surface area (Å²) in [6.45, 7) is 2.96. The number of nitrogens with zero attached hydrogens (tertiary/aromatic N) is 3. The lowest BCUT2D eigenvalue weighted by molar-refractivity contribution is -0.131. The number of esters is 1. The maximum absolute atomic E-state index is 13.2. The van der Waals surface area contributed by atoms with Gasteiger partial charge in [-0.3, -0.25) is 9.59 Å². The van der Waals surface area contributed by atoms with Crippen LogP contribution in [0.3, 0.4) is 0 Å². The fourth-order valence-electron chi connectivity index (χ4n) is 2.36. The zero-order valence-electron chi connectivity index (χ0n) is 13.9. The number of hydrogen-bond donors (Lipinski definition) is 1. The highest BCUT2D eigenvalue weighted by molar-refractivity contribution is 5.93. The Hall–Kier alpha value is -3.36. The molecular weight excluding hydrogens is 346 g/mol. The molecule has 0 unspecified atom stereocenters. The van der Waals surface area contributed by atoms with Gasteiger partial charge in [-0.2, -0.15) is 5.10 Å². The Morgan fingerprint density at radius 1 is 1.23 bits per heavy atom. The zero-order chi connectivity index (χ0) is 18.8. The van der Waals surface area contributed by atoms with Gasteiger partial charge >= 0.3 is 5.97 Å². The Labute approximate surface area is 146 Å². The summed E-state index contributed by atoms with van der Waals surface area (Å²) >= 11 is 0. The lowest BCUT2D eigenvalue weighted by Crippen LogP contribution is -2.24. The third kappa shape index (κ3) is 3.51. The number of aromatic nitrogens is 3. The van der Waals surface area contributed by atoms with E-state index >= 15 is 0 Å². The van der Waals surface area contributed by atoms with E-state index in [1.54, 1.807) is 6.92 Å². The molecule has 7 nitrogen and oxygen atoms in total. The number of carbonyl (C=O) groups excluding carboxylic acids is 2. The number of ether oxygens (including phenoxy) is 1.